The first-order valence-electron chi connectivity index (χ1n) is 9.01. The molecule has 8 heteroatoms. The van der Waals surface area contributed by atoms with Crippen LogP contribution < -0.4 is 15.5 Å². The first-order chi connectivity index (χ1) is 13.3. The molecule has 0 radical (unpaired) electrons. The Hall–Kier alpha value is -2.84. The normalized spacial score (nSPS) is 17.9. The van der Waals surface area contributed by atoms with Crippen LogP contribution >= 0.6 is 11.5 Å². The van der Waals surface area contributed by atoms with Crippen molar-refractivity contribution in [2.45, 2.75) is 12.0 Å². The maximum atomic E-state index is 4.87. The van der Waals surface area contributed by atoms with Crippen LogP contribution in [0.3, 0.4) is 0 Å². The summed E-state index contributed by atoms with van der Waals surface area (Å²) in [6, 6.07) is 10.3. The number of aromatic nitrogens is 4. The van der Waals surface area contributed by atoms with E-state index in [1.54, 1.807) is 6.33 Å². The Kier molecular flexibility index (Phi) is 3.15. The van der Waals surface area contributed by atoms with Crippen molar-refractivity contribution in [3.63, 3.8) is 0 Å². The molecule has 0 amide bonds. The summed E-state index contributed by atoms with van der Waals surface area (Å²) < 4.78 is 5.38. The molecule has 2 saturated heterocycles. The Balaban J connectivity index is 1.34. The average Bonchev–Trinajstić information content (AvgIpc) is 3.07. The molecule has 7 nitrogen and oxygen atoms in total. The fraction of sp³-hybridized carbons (Fsp3) is 0.263. The van der Waals surface area contributed by atoms with E-state index in [-0.39, 0.29) is 0 Å². The molecule has 3 aromatic heterocycles. The van der Waals surface area contributed by atoms with Crippen molar-refractivity contribution in [3.05, 3.63) is 42.9 Å². The molecule has 2 fully saturated rings. The van der Waals surface area contributed by atoms with Crippen LogP contribution in [0, 0.1) is 0 Å². The quantitative estimate of drug-likeness (QED) is 0.570. The van der Waals surface area contributed by atoms with Crippen LogP contribution in [0.25, 0.3) is 21.1 Å². The molecule has 1 spiro atoms. The predicted molar refractivity (Wildman–Crippen MR) is 108 cm³/mol. The molecular weight excluding hydrogens is 358 g/mol. The molecular formula is C19H17N7S. The lowest BCUT2D eigenvalue weighted by atomic mass is 9.80. The number of nitrogens with zero attached hydrogens (tertiary/aromatic N) is 5. The van der Waals surface area contributed by atoms with E-state index < -0.39 is 0 Å². The Labute approximate surface area is 159 Å². The third-order valence-corrected chi connectivity index (χ3v) is 6.26. The lowest BCUT2D eigenvalue weighted by Crippen LogP contribution is -2.76. The number of hydrogen-bond donors (Lipinski definition) is 2. The molecule has 134 valence electrons. The van der Waals surface area contributed by atoms with Gasteiger partial charge in [-0.05, 0) is 54.8 Å². The molecule has 0 atom stereocenters. The van der Waals surface area contributed by atoms with Gasteiger partial charge in [-0.25, -0.2) is 15.0 Å². The number of rotatable bonds is 3. The van der Waals surface area contributed by atoms with Crippen molar-refractivity contribution < 1.29 is 0 Å². The van der Waals surface area contributed by atoms with Gasteiger partial charge in [0.2, 0.25) is 0 Å². The van der Waals surface area contributed by atoms with Crippen LogP contribution in [0.2, 0.25) is 0 Å². The lowest BCUT2D eigenvalue weighted by molar-refractivity contribution is 0.159. The summed E-state index contributed by atoms with van der Waals surface area (Å²) in [7, 11) is 0. The van der Waals surface area contributed by atoms with Gasteiger partial charge in [-0.3, -0.25) is 0 Å². The van der Waals surface area contributed by atoms with Gasteiger partial charge in [0.25, 0.3) is 0 Å². The van der Waals surface area contributed by atoms with E-state index >= 15 is 0 Å². The van der Waals surface area contributed by atoms with Crippen LogP contribution in [-0.4, -0.2) is 44.5 Å². The summed E-state index contributed by atoms with van der Waals surface area (Å²) in [5.41, 5.74) is 2.93. The fourth-order valence-corrected chi connectivity index (χ4v) is 4.55. The summed E-state index contributed by atoms with van der Waals surface area (Å²) in [6.45, 7) is 3.17. The molecule has 2 aliphatic heterocycles. The van der Waals surface area contributed by atoms with E-state index in [2.05, 4.69) is 42.0 Å². The molecule has 0 saturated carbocycles. The Morgan fingerprint density at radius 3 is 2.93 bits per heavy atom. The molecule has 27 heavy (non-hydrogen) atoms. The maximum absolute atomic E-state index is 4.87. The summed E-state index contributed by atoms with van der Waals surface area (Å²) in [4.78, 5) is 16.0. The second kappa shape index (κ2) is 5.58. The maximum Gasteiger partial charge on any atom is 0.160 e. The Morgan fingerprint density at radius 1 is 1.15 bits per heavy atom. The largest absolute Gasteiger partial charge is 0.353 e. The molecule has 0 bridgehead atoms. The highest BCUT2D eigenvalue weighted by Gasteiger charge is 2.47. The van der Waals surface area contributed by atoms with Gasteiger partial charge in [-0.2, -0.15) is 4.37 Å². The van der Waals surface area contributed by atoms with Crippen LogP contribution in [-0.2, 0) is 0 Å². The lowest BCUT2D eigenvalue weighted by Gasteiger charge is -2.56. The highest BCUT2D eigenvalue weighted by molar-refractivity contribution is 7.13. The van der Waals surface area contributed by atoms with Crippen molar-refractivity contribution >= 4 is 50.0 Å². The highest BCUT2D eigenvalue weighted by atomic mass is 32.1. The zero-order chi connectivity index (χ0) is 17.8. The van der Waals surface area contributed by atoms with Gasteiger partial charge in [-0.15, -0.1) is 0 Å². The molecule has 2 N–H and O–H groups in total. The Morgan fingerprint density at radius 2 is 2.07 bits per heavy atom. The second-order valence-corrected chi connectivity index (χ2v) is 8.11. The molecule has 5 heterocycles. The number of fused-ring (bicyclic) bond motifs is 2. The van der Waals surface area contributed by atoms with Crippen LogP contribution in [0.15, 0.2) is 42.9 Å². The molecule has 6 rings (SSSR count). The molecule has 4 aromatic rings. The average molecular weight is 375 g/mol. The van der Waals surface area contributed by atoms with Crippen molar-refractivity contribution in [1.29, 1.82) is 0 Å². The fourth-order valence-electron chi connectivity index (χ4n) is 3.87. The third kappa shape index (κ3) is 2.44. The minimum atomic E-state index is 0.328. The second-order valence-electron chi connectivity index (χ2n) is 7.28. The number of benzene rings is 1. The van der Waals surface area contributed by atoms with Gasteiger partial charge in [0.05, 0.1) is 15.8 Å². The smallest absolute Gasteiger partial charge is 0.160 e. The van der Waals surface area contributed by atoms with E-state index in [1.165, 1.54) is 18.0 Å². The van der Waals surface area contributed by atoms with Crippen LogP contribution in [0.5, 0.6) is 0 Å². The zero-order valence-corrected chi connectivity index (χ0v) is 15.3. The summed E-state index contributed by atoms with van der Waals surface area (Å²) in [5, 5.41) is 8.09. The number of pyridine rings is 1. The molecule has 1 aromatic carbocycles. The van der Waals surface area contributed by atoms with E-state index in [0.717, 1.165) is 58.1 Å². The van der Waals surface area contributed by atoms with Gasteiger partial charge in [0.15, 0.2) is 5.82 Å². The topological polar surface area (TPSA) is 78.9 Å². The summed E-state index contributed by atoms with van der Waals surface area (Å²) in [6.07, 6.45) is 4.72. The van der Waals surface area contributed by atoms with Crippen molar-refractivity contribution in [3.8, 4) is 0 Å². The van der Waals surface area contributed by atoms with Crippen molar-refractivity contribution in [1.82, 2.24) is 24.6 Å². The van der Waals surface area contributed by atoms with E-state index in [4.69, 9.17) is 4.98 Å². The van der Waals surface area contributed by atoms with E-state index in [1.807, 2.05) is 24.4 Å². The van der Waals surface area contributed by atoms with Gasteiger partial charge >= 0.3 is 0 Å². The first-order valence-corrected chi connectivity index (χ1v) is 9.79. The molecule has 0 unspecified atom stereocenters. The molecule has 0 aliphatic carbocycles. The van der Waals surface area contributed by atoms with Crippen molar-refractivity contribution in [2.75, 3.05) is 29.9 Å². The predicted octanol–water partition coefficient (Wildman–Crippen LogP) is 2.93. The van der Waals surface area contributed by atoms with Gasteiger partial charge in [-0.1, -0.05) is 0 Å². The molecule has 2 aliphatic rings. The monoisotopic (exact) mass is 375 g/mol. The minimum Gasteiger partial charge on any atom is -0.353 e. The van der Waals surface area contributed by atoms with E-state index in [9.17, 15) is 0 Å². The first kappa shape index (κ1) is 15.2. The summed E-state index contributed by atoms with van der Waals surface area (Å²) >= 11 is 1.49. The third-order valence-electron chi connectivity index (χ3n) is 5.50. The Bertz CT molecular complexity index is 1160. The van der Waals surface area contributed by atoms with Crippen LogP contribution in [0.1, 0.15) is 6.42 Å². The highest BCUT2D eigenvalue weighted by Crippen LogP contribution is 2.34. The van der Waals surface area contributed by atoms with Gasteiger partial charge in [0.1, 0.15) is 17.7 Å². The number of hydrogen-bond acceptors (Lipinski definition) is 8. The number of nitrogens with one attached hydrogen (secondary N) is 2. The van der Waals surface area contributed by atoms with Gasteiger partial charge < -0.3 is 15.5 Å². The van der Waals surface area contributed by atoms with Crippen molar-refractivity contribution in [2.24, 2.45) is 0 Å². The minimum absolute atomic E-state index is 0.328. The standard InChI is InChI=1S/C19H17N7S/c1-2-13(7-15-12(1)8-23-27-15)24-18-17-14(20-11-21-18)3-4-16(25-17)26-9-19(10-26)5-6-22-19/h1-4,7-8,11,22H,5-6,9-10H2,(H,20,21,24). The summed E-state index contributed by atoms with van der Waals surface area (Å²) in [5.74, 6) is 1.71. The SMILES string of the molecule is c1nc(Nc2ccc3cnsc3c2)c2nc(N3CC4(CCN4)C3)ccc2n1. The van der Waals surface area contributed by atoms with Gasteiger partial charge in [0, 0.05) is 30.4 Å². The number of anilines is 3. The zero-order valence-electron chi connectivity index (χ0n) is 14.5. The van der Waals surface area contributed by atoms with Crippen LogP contribution in [0.4, 0.5) is 17.3 Å². The van der Waals surface area contributed by atoms with E-state index in [0.29, 0.717) is 5.54 Å².